The molecule has 0 bridgehead atoms. The first-order valence-electron chi connectivity index (χ1n) is 15.8. The molecular formula is C34H45N7O5. The molecule has 2 aromatic carbocycles. The van der Waals surface area contributed by atoms with Crippen molar-refractivity contribution in [2.45, 2.75) is 76.8 Å². The van der Waals surface area contributed by atoms with E-state index in [9.17, 15) is 15.0 Å². The molecule has 3 heterocycles. The number of aliphatic hydroxyl groups is 2. The molecule has 46 heavy (non-hydrogen) atoms. The molecule has 0 radical (unpaired) electrons. The highest BCUT2D eigenvalue weighted by molar-refractivity contribution is 5.83. The normalized spacial score (nSPS) is 19.9. The van der Waals surface area contributed by atoms with Crippen molar-refractivity contribution in [1.29, 1.82) is 0 Å². The summed E-state index contributed by atoms with van der Waals surface area (Å²) in [6.45, 7) is 8.98. The highest BCUT2D eigenvalue weighted by Gasteiger charge is 2.44. The second-order valence-electron chi connectivity index (χ2n) is 12.2. The number of rotatable bonds is 14. The molecule has 1 aliphatic rings. The topological polar surface area (TPSA) is 147 Å². The van der Waals surface area contributed by atoms with E-state index in [2.05, 4.69) is 39.9 Å². The van der Waals surface area contributed by atoms with Crippen LogP contribution >= 0.6 is 0 Å². The molecule has 1 aliphatic heterocycles. The van der Waals surface area contributed by atoms with Gasteiger partial charge in [0.1, 0.15) is 24.1 Å². The van der Waals surface area contributed by atoms with Gasteiger partial charge in [0.15, 0.2) is 23.2 Å². The zero-order valence-electron chi connectivity index (χ0n) is 27.1. The Balaban J connectivity index is 1.46. The average Bonchev–Trinajstić information content (AvgIpc) is 3.58. The summed E-state index contributed by atoms with van der Waals surface area (Å²) < 4.78 is 12.8. The fraction of sp³-hybridized carbons (Fsp3) is 0.471. The summed E-state index contributed by atoms with van der Waals surface area (Å²) in [4.78, 5) is 29.1. The predicted octanol–water partition coefficient (Wildman–Crippen LogP) is 3.07. The molecule has 2 aromatic heterocycles. The lowest BCUT2D eigenvalue weighted by molar-refractivity contribution is -0.133. The van der Waals surface area contributed by atoms with Crippen molar-refractivity contribution in [2.24, 2.45) is 0 Å². The largest absolute Gasteiger partial charge is 0.387 e. The third kappa shape index (κ3) is 7.37. The van der Waals surface area contributed by atoms with Crippen LogP contribution in [0.25, 0.3) is 11.2 Å². The standard InChI is InChI=1S/C34H45N7O5/c1-21(2)41(22(3)4)28(42)18-35-17-27-38-32(36-16-25(23-12-8-6-9-13-23)24-14-10-7-11-15-24)29-33(39-27)40(20-37-29)34-31(44)30(43)26(46-34)19-45-5/h6-15,20-22,25-26,30-31,34-35,43-44H,16-19H2,1-5H3,(H,36,38,39)/t26-,30-,31+,34-/m1/s1. The van der Waals surface area contributed by atoms with Crippen LogP contribution in [0.15, 0.2) is 67.0 Å². The molecule has 5 rings (SSSR count). The number of nitrogens with zero attached hydrogens (tertiary/aromatic N) is 5. The Kier molecular flexibility index (Phi) is 11.0. The van der Waals surface area contributed by atoms with Crippen LogP contribution in [0.5, 0.6) is 0 Å². The molecule has 4 aromatic rings. The first-order valence-corrected chi connectivity index (χ1v) is 15.8. The van der Waals surface area contributed by atoms with Crippen molar-refractivity contribution >= 4 is 22.9 Å². The SMILES string of the molecule is COC[C@H]1O[C@@H](n2cnc3c(NCC(c4ccccc4)c4ccccc4)nc(CNCC(=O)N(C(C)C)C(C)C)nc32)[C@@H](O)[C@@H]1O. The van der Waals surface area contributed by atoms with Gasteiger partial charge in [0.05, 0.1) is 26.0 Å². The van der Waals surface area contributed by atoms with Gasteiger partial charge < -0.3 is 35.2 Å². The summed E-state index contributed by atoms with van der Waals surface area (Å²) in [5.41, 5.74) is 3.22. The molecule has 1 saturated heterocycles. The Bertz CT molecular complexity index is 1520. The minimum absolute atomic E-state index is 0.0105. The van der Waals surface area contributed by atoms with Crippen molar-refractivity contribution in [1.82, 2.24) is 29.7 Å². The number of amides is 1. The fourth-order valence-corrected chi connectivity index (χ4v) is 6.15. The van der Waals surface area contributed by atoms with Crippen molar-refractivity contribution in [3.63, 3.8) is 0 Å². The van der Waals surface area contributed by atoms with Gasteiger partial charge in [0.25, 0.3) is 0 Å². The fourth-order valence-electron chi connectivity index (χ4n) is 6.15. The third-order valence-electron chi connectivity index (χ3n) is 8.25. The van der Waals surface area contributed by atoms with Crippen LogP contribution < -0.4 is 10.6 Å². The van der Waals surface area contributed by atoms with Gasteiger partial charge in [-0.15, -0.1) is 0 Å². The summed E-state index contributed by atoms with van der Waals surface area (Å²) in [5.74, 6) is 0.958. The predicted molar refractivity (Wildman–Crippen MR) is 175 cm³/mol. The molecule has 1 amide bonds. The molecule has 12 heteroatoms. The van der Waals surface area contributed by atoms with E-state index in [1.807, 2.05) is 69.0 Å². The Labute approximate surface area is 269 Å². The maximum Gasteiger partial charge on any atom is 0.236 e. The number of carbonyl (C=O) groups excluding carboxylic acids is 1. The molecule has 0 saturated carbocycles. The Morgan fingerprint density at radius 2 is 1.61 bits per heavy atom. The second-order valence-corrected chi connectivity index (χ2v) is 12.2. The van der Waals surface area contributed by atoms with Crippen molar-refractivity contribution in [3.05, 3.63) is 83.9 Å². The van der Waals surface area contributed by atoms with Crippen LogP contribution in [-0.2, 0) is 20.8 Å². The van der Waals surface area contributed by atoms with Gasteiger partial charge in [-0.1, -0.05) is 60.7 Å². The van der Waals surface area contributed by atoms with Gasteiger partial charge in [-0.3, -0.25) is 9.36 Å². The van der Waals surface area contributed by atoms with Gasteiger partial charge in [0, 0.05) is 31.7 Å². The summed E-state index contributed by atoms with van der Waals surface area (Å²) in [5, 5.41) is 28.2. The van der Waals surface area contributed by atoms with Gasteiger partial charge in [-0.2, -0.15) is 0 Å². The zero-order valence-corrected chi connectivity index (χ0v) is 27.1. The number of anilines is 1. The first kappa shape index (κ1) is 33.4. The number of hydrogen-bond donors (Lipinski definition) is 4. The minimum Gasteiger partial charge on any atom is -0.387 e. The maximum absolute atomic E-state index is 13.0. The number of methoxy groups -OCH3 is 1. The highest BCUT2D eigenvalue weighted by Crippen LogP contribution is 2.33. The van der Waals surface area contributed by atoms with E-state index >= 15 is 0 Å². The number of imidazole rings is 1. The smallest absolute Gasteiger partial charge is 0.236 e. The number of aromatic nitrogens is 4. The molecule has 1 fully saturated rings. The van der Waals surface area contributed by atoms with Crippen molar-refractivity contribution in [3.8, 4) is 0 Å². The van der Waals surface area contributed by atoms with E-state index in [-0.39, 0.29) is 43.6 Å². The van der Waals surface area contributed by atoms with E-state index in [4.69, 9.17) is 19.4 Å². The monoisotopic (exact) mass is 631 g/mol. The number of aliphatic hydroxyl groups excluding tert-OH is 2. The summed E-state index contributed by atoms with van der Waals surface area (Å²) in [6.07, 6.45) is -2.47. The zero-order chi connectivity index (χ0) is 32.8. The van der Waals surface area contributed by atoms with Gasteiger partial charge in [0.2, 0.25) is 5.91 Å². The van der Waals surface area contributed by atoms with Crippen molar-refractivity contribution < 1.29 is 24.5 Å². The van der Waals surface area contributed by atoms with E-state index in [0.29, 0.717) is 29.4 Å². The lowest BCUT2D eigenvalue weighted by Crippen LogP contribution is -2.46. The highest BCUT2D eigenvalue weighted by atomic mass is 16.6. The molecule has 0 spiro atoms. The first-order chi connectivity index (χ1) is 22.2. The molecule has 0 aliphatic carbocycles. The summed E-state index contributed by atoms with van der Waals surface area (Å²) >= 11 is 0. The third-order valence-corrected chi connectivity index (χ3v) is 8.25. The summed E-state index contributed by atoms with van der Waals surface area (Å²) in [7, 11) is 1.51. The Morgan fingerprint density at radius 1 is 0.978 bits per heavy atom. The molecule has 12 nitrogen and oxygen atoms in total. The Hall–Kier alpha value is -3.94. The van der Waals surface area contributed by atoms with Crippen LogP contribution in [0.1, 0.15) is 56.8 Å². The quantitative estimate of drug-likeness (QED) is 0.164. The van der Waals surface area contributed by atoms with E-state index in [1.54, 1.807) is 4.57 Å². The van der Waals surface area contributed by atoms with E-state index < -0.39 is 24.5 Å². The lowest BCUT2D eigenvalue weighted by atomic mass is 9.91. The van der Waals surface area contributed by atoms with Crippen LogP contribution in [0.4, 0.5) is 5.82 Å². The number of nitrogens with one attached hydrogen (secondary N) is 2. The summed E-state index contributed by atoms with van der Waals surface area (Å²) in [6, 6.07) is 20.7. The maximum atomic E-state index is 13.0. The Morgan fingerprint density at radius 3 is 2.20 bits per heavy atom. The number of ether oxygens (including phenoxy) is 2. The molecular weight excluding hydrogens is 586 g/mol. The number of carbonyl (C=O) groups is 1. The average molecular weight is 632 g/mol. The number of hydrogen-bond acceptors (Lipinski definition) is 10. The van der Waals surface area contributed by atoms with Crippen LogP contribution in [0.2, 0.25) is 0 Å². The van der Waals surface area contributed by atoms with Crippen LogP contribution in [0, 0.1) is 0 Å². The molecule has 0 unspecified atom stereocenters. The molecule has 246 valence electrons. The molecule has 4 atom stereocenters. The van der Waals surface area contributed by atoms with E-state index in [1.165, 1.54) is 13.4 Å². The van der Waals surface area contributed by atoms with E-state index in [0.717, 1.165) is 11.1 Å². The van der Waals surface area contributed by atoms with Gasteiger partial charge in [-0.25, -0.2) is 15.0 Å². The number of benzene rings is 2. The number of fused-ring (bicyclic) bond motifs is 1. The van der Waals surface area contributed by atoms with Gasteiger partial charge in [-0.05, 0) is 38.8 Å². The molecule has 4 N–H and O–H groups in total. The van der Waals surface area contributed by atoms with Crippen LogP contribution in [0.3, 0.4) is 0 Å². The second kappa shape index (κ2) is 15.1. The lowest BCUT2D eigenvalue weighted by Gasteiger charge is -2.30. The van der Waals surface area contributed by atoms with Crippen molar-refractivity contribution in [2.75, 3.05) is 32.1 Å². The van der Waals surface area contributed by atoms with Gasteiger partial charge >= 0.3 is 0 Å². The minimum atomic E-state index is -1.22. The van der Waals surface area contributed by atoms with Crippen LogP contribution in [-0.4, -0.2) is 97.7 Å².